The van der Waals surface area contributed by atoms with Crippen LogP contribution in [-0.4, -0.2) is 141 Å². The minimum Gasteiger partial charge on any atom is -0.456 e. The number of fused-ring (bicyclic) bond motifs is 2. The zero-order chi connectivity index (χ0) is 45.3. The van der Waals surface area contributed by atoms with E-state index in [1.54, 1.807) is 13.8 Å². The van der Waals surface area contributed by atoms with Crippen molar-refractivity contribution in [1.82, 2.24) is 0 Å². The van der Waals surface area contributed by atoms with Gasteiger partial charge in [0.15, 0.2) is 30.9 Å². The molecule has 8 fully saturated rings. The number of esters is 3. The zero-order valence-corrected chi connectivity index (χ0v) is 38.2. The molecule has 0 aromatic heterocycles. The number of aliphatic hydroxyl groups excluding tert-OH is 4. The van der Waals surface area contributed by atoms with Crippen molar-refractivity contribution >= 4 is 17.9 Å². The summed E-state index contributed by atoms with van der Waals surface area (Å²) in [6, 6.07) is 0. The summed E-state index contributed by atoms with van der Waals surface area (Å²) in [6.45, 7) is 17.9. The van der Waals surface area contributed by atoms with E-state index in [0.717, 1.165) is 32.1 Å². The summed E-state index contributed by atoms with van der Waals surface area (Å²) in [5.74, 6) is -2.18. The number of hydrogen-bond donors (Lipinski definition) is 5. The summed E-state index contributed by atoms with van der Waals surface area (Å²) in [5.41, 5.74) is -3.29. The van der Waals surface area contributed by atoms with E-state index in [-0.39, 0.29) is 58.7 Å². The number of carbonyl (C=O) groups is 3. The highest BCUT2D eigenvalue weighted by Gasteiger charge is 2.85. The van der Waals surface area contributed by atoms with Crippen LogP contribution in [0, 0.1) is 44.8 Å². The molecule has 8 rings (SSSR count). The van der Waals surface area contributed by atoms with Crippen LogP contribution in [0.4, 0.5) is 0 Å². The Morgan fingerprint density at radius 3 is 1.94 bits per heavy atom. The average molecular weight is 881 g/mol. The predicted molar refractivity (Wildman–Crippen MR) is 216 cm³/mol. The molecule has 5 saturated carbocycles. The second-order valence-electron chi connectivity index (χ2n) is 22.4. The Morgan fingerprint density at radius 1 is 0.661 bits per heavy atom. The van der Waals surface area contributed by atoms with Gasteiger partial charge < -0.3 is 63.4 Å². The molecule has 62 heavy (non-hydrogen) atoms. The second kappa shape index (κ2) is 15.5. The molecule has 0 bridgehead atoms. The molecule has 8 aliphatic rings. The van der Waals surface area contributed by atoms with Gasteiger partial charge in [-0.05, 0) is 117 Å². The molecule has 20 unspecified atom stereocenters. The van der Waals surface area contributed by atoms with Gasteiger partial charge in [-0.15, -0.1) is 0 Å². The molecule has 16 heteroatoms. The van der Waals surface area contributed by atoms with Crippen LogP contribution < -0.4 is 0 Å². The lowest BCUT2D eigenvalue weighted by Gasteiger charge is -2.65. The number of carbonyl (C=O) groups excluding carboxylic acids is 3. The van der Waals surface area contributed by atoms with Crippen molar-refractivity contribution in [3.63, 3.8) is 0 Å². The minimum absolute atomic E-state index is 0.0866. The molecule has 5 aliphatic carbocycles. The summed E-state index contributed by atoms with van der Waals surface area (Å²) in [7, 11) is 0. The third kappa shape index (κ3) is 7.10. The Kier molecular flexibility index (Phi) is 11.7. The van der Waals surface area contributed by atoms with Gasteiger partial charge >= 0.3 is 17.9 Å². The fraction of sp³-hybridized carbons (Fsp3) is 0.935. The van der Waals surface area contributed by atoms with Crippen molar-refractivity contribution in [3.05, 3.63) is 0 Å². The maximum absolute atomic E-state index is 12.5. The predicted octanol–water partition coefficient (Wildman–Crippen LogP) is 3.08. The van der Waals surface area contributed by atoms with Crippen LogP contribution in [0.2, 0.25) is 0 Å². The lowest BCUT2D eigenvalue weighted by Crippen LogP contribution is -2.65. The monoisotopic (exact) mass is 880 g/mol. The third-order valence-electron chi connectivity index (χ3n) is 18.1. The largest absolute Gasteiger partial charge is 0.456 e. The first-order valence-corrected chi connectivity index (χ1v) is 22.9. The van der Waals surface area contributed by atoms with Crippen molar-refractivity contribution in [2.24, 2.45) is 44.8 Å². The third-order valence-corrected chi connectivity index (χ3v) is 18.1. The summed E-state index contributed by atoms with van der Waals surface area (Å²) < 4.78 is 49.5. The van der Waals surface area contributed by atoms with Crippen molar-refractivity contribution in [1.29, 1.82) is 0 Å². The Balaban J connectivity index is 1.13. The lowest BCUT2D eigenvalue weighted by atomic mass is 9.41. The number of rotatable bonds is 9. The van der Waals surface area contributed by atoms with Crippen LogP contribution in [0.3, 0.4) is 0 Å². The Morgan fingerprint density at radius 2 is 1.31 bits per heavy atom. The quantitative estimate of drug-likeness (QED) is 0.127. The maximum atomic E-state index is 12.5. The molecule has 3 aliphatic heterocycles. The van der Waals surface area contributed by atoms with Gasteiger partial charge in [0.2, 0.25) is 0 Å². The summed E-state index contributed by atoms with van der Waals surface area (Å²) in [5, 5.41) is 55.7. The zero-order valence-electron chi connectivity index (χ0n) is 38.2. The Bertz CT molecular complexity index is 1750. The van der Waals surface area contributed by atoms with Gasteiger partial charge in [0, 0.05) is 26.7 Å². The summed E-state index contributed by atoms with van der Waals surface area (Å²) in [6.07, 6.45) is -5.37. The van der Waals surface area contributed by atoms with E-state index in [1.165, 1.54) is 20.8 Å². The van der Waals surface area contributed by atoms with E-state index in [0.29, 0.717) is 25.7 Å². The molecule has 0 radical (unpaired) electrons. The lowest BCUT2D eigenvalue weighted by molar-refractivity contribution is -0.327. The molecule has 16 nitrogen and oxygen atoms in total. The van der Waals surface area contributed by atoms with Gasteiger partial charge in [-0.1, -0.05) is 27.7 Å². The molecule has 0 aromatic rings. The fourth-order valence-electron chi connectivity index (χ4n) is 15.5. The topological polar surface area (TPSA) is 226 Å². The maximum Gasteiger partial charge on any atom is 0.303 e. The van der Waals surface area contributed by atoms with E-state index in [9.17, 15) is 39.9 Å². The van der Waals surface area contributed by atoms with E-state index in [4.69, 9.17) is 37.9 Å². The number of aliphatic hydroxyl groups is 5. The molecule has 3 saturated heterocycles. The van der Waals surface area contributed by atoms with E-state index < -0.39 is 102 Å². The van der Waals surface area contributed by atoms with E-state index in [1.807, 2.05) is 0 Å². The molecule has 0 amide bonds. The highest BCUT2D eigenvalue weighted by molar-refractivity contribution is 5.68. The van der Waals surface area contributed by atoms with Crippen LogP contribution in [0.5, 0.6) is 0 Å². The van der Waals surface area contributed by atoms with Crippen LogP contribution in [0.15, 0.2) is 0 Å². The van der Waals surface area contributed by atoms with Crippen molar-refractivity contribution < 1.29 is 77.8 Å². The Labute approximate surface area is 364 Å². The standard InChI is InChI=1S/C46H72O16/c1-22(47)57-28-20-56-39(35(59-24(3)49)34(28)58-23(2)48)61-30-12-14-46-21-45(46)16-15-42(8)36(44(10)13-11-31(62-44)41(6,7)54)25(50)18-43(42,9)29(45)17-27(37(46)40(30,4)5)60-38-33(53)32(52)26(51)19-55-38/h25-39,50-54H,11-21H2,1-10H3. The second-order valence-corrected chi connectivity index (χ2v) is 22.4. The first-order chi connectivity index (χ1) is 28.7. The van der Waals surface area contributed by atoms with Crippen molar-refractivity contribution in [2.45, 2.75) is 212 Å². The molecular formula is C46H72O16. The van der Waals surface area contributed by atoms with Crippen molar-refractivity contribution in [3.8, 4) is 0 Å². The van der Waals surface area contributed by atoms with Crippen LogP contribution in [0.1, 0.15) is 127 Å². The molecule has 352 valence electrons. The highest BCUT2D eigenvalue weighted by Crippen LogP contribution is 2.89. The highest BCUT2D eigenvalue weighted by atomic mass is 16.7. The van der Waals surface area contributed by atoms with Crippen LogP contribution in [0.25, 0.3) is 0 Å². The average Bonchev–Trinajstić information content (AvgIpc) is 3.52. The minimum atomic E-state index is -1.50. The van der Waals surface area contributed by atoms with Gasteiger partial charge in [0.25, 0.3) is 0 Å². The van der Waals surface area contributed by atoms with Gasteiger partial charge in [-0.3, -0.25) is 14.4 Å². The number of hydrogen-bond acceptors (Lipinski definition) is 16. The van der Waals surface area contributed by atoms with Crippen LogP contribution >= 0.6 is 0 Å². The molecule has 3 heterocycles. The number of ether oxygens (including phenoxy) is 8. The molecular weight excluding hydrogens is 808 g/mol. The normalized spacial score (nSPS) is 51.8. The smallest absolute Gasteiger partial charge is 0.303 e. The van der Waals surface area contributed by atoms with Crippen molar-refractivity contribution in [2.75, 3.05) is 13.2 Å². The Hall–Kier alpha value is -1.99. The van der Waals surface area contributed by atoms with Gasteiger partial charge in [0.05, 0.1) is 48.8 Å². The van der Waals surface area contributed by atoms with Gasteiger partial charge in [-0.2, -0.15) is 0 Å². The molecule has 2 spiro atoms. The van der Waals surface area contributed by atoms with Crippen LogP contribution in [-0.2, 0) is 52.3 Å². The van der Waals surface area contributed by atoms with Gasteiger partial charge in [0.1, 0.15) is 18.3 Å². The van der Waals surface area contributed by atoms with E-state index in [2.05, 4.69) is 34.6 Å². The van der Waals surface area contributed by atoms with E-state index >= 15 is 0 Å². The fourth-order valence-corrected chi connectivity index (χ4v) is 15.5. The summed E-state index contributed by atoms with van der Waals surface area (Å²) in [4.78, 5) is 36.9. The molecule has 20 atom stereocenters. The molecule has 5 N–H and O–H groups in total. The first kappa shape index (κ1) is 46.5. The molecule has 0 aromatic carbocycles. The summed E-state index contributed by atoms with van der Waals surface area (Å²) >= 11 is 0. The first-order valence-electron chi connectivity index (χ1n) is 22.9. The SMILES string of the molecule is CC(=O)OC1COC(OC2CCC34CC35CCC3(C)C(C6(C)CCC(C(C)(C)O)O6)C(O)CC3(C)C5CC(OC3OCC(O)C(O)C3O)C4C2(C)C)C(OC(C)=O)C1OC(C)=O. The van der Waals surface area contributed by atoms with Gasteiger partial charge in [-0.25, -0.2) is 0 Å².